The third-order valence-corrected chi connectivity index (χ3v) is 10.6. The normalized spacial score (nSPS) is 14.4. The number of amides is 3. The zero-order valence-electron chi connectivity index (χ0n) is 39.4. The van der Waals surface area contributed by atoms with Crippen LogP contribution in [0.3, 0.4) is 0 Å². The maximum absolute atomic E-state index is 13.3. The predicted molar refractivity (Wildman–Crippen MR) is 251 cm³/mol. The van der Waals surface area contributed by atoms with Gasteiger partial charge < -0.3 is 20.5 Å². The van der Waals surface area contributed by atoms with Gasteiger partial charge in [-0.25, -0.2) is 15.0 Å². The van der Waals surface area contributed by atoms with Gasteiger partial charge in [-0.3, -0.25) is 49.4 Å². The molecule has 1 aliphatic heterocycles. The number of carbonyl (C=O) groups is 6. The number of carboxylic acid groups (broad SMARTS) is 1. The highest BCUT2D eigenvalue weighted by atomic mass is 16.6. The molecule has 1 saturated heterocycles. The summed E-state index contributed by atoms with van der Waals surface area (Å²) in [6.07, 6.45) is 5.49. The smallest absolute Gasteiger partial charge is 0.353 e. The Morgan fingerprint density at radius 3 is 1.96 bits per heavy atom. The molecule has 3 amide bonds. The fourth-order valence-electron chi connectivity index (χ4n) is 6.77. The summed E-state index contributed by atoms with van der Waals surface area (Å²) in [4.78, 5) is 100. The number of esters is 2. The second-order valence-electron chi connectivity index (χ2n) is 16.4. The molecule has 0 aliphatic carbocycles. The SMILES string of the molecule is CC.CCc1ccc2ccc(/C=C/C(C)(C)C(=O)NC(C(=O)NC(C)C(=O)N3CCCC(C(=O)O)N3)C(C)C)cc2n1.Cc1cccc([N+](=O)[O-])c1C(=O)OC(=O)c1c(C)cccc1[N+](=O)[O-]. The van der Waals surface area contributed by atoms with E-state index in [0.717, 1.165) is 40.7 Å². The van der Waals surface area contributed by atoms with Crippen molar-refractivity contribution in [3.63, 3.8) is 0 Å². The first-order valence-corrected chi connectivity index (χ1v) is 21.8. The van der Waals surface area contributed by atoms with Gasteiger partial charge >= 0.3 is 17.9 Å². The number of hydrogen-bond acceptors (Lipinski definition) is 13. The summed E-state index contributed by atoms with van der Waals surface area (Å²) >= 11 is 0. The highest BCUT2D eigenvalue weighted by molar-refractivity contribution is 6.07. The van der Waals surface area contributed by atoms with Gasteiger partial charge in [0.15, 0.2) is 0 Å². The molecule has 4 aromatic rings. The third kappa shape index (κ3) is 14.3. The molecule has 3 atom stereocenters. The summed E-state index contributed by atoms with van der Waals surface area (Å²) in [5, 5.41) is 39.2. The Morgan fingerprint density at radius 1 is 0.896 bits per heavy atom. The number of carboxylic acids is 1. The zero-order valence-corrected chi connectivity index (χ0v) is 39.4. The van der Waals surface area contributed by atoms with Crippen molar-refractivity contribution in [1.82, 2.24) is 26.1 Å². The lowest BCUT2D eigenvalue weighted by Gasteiger charge is -2.34. The van der Waals surface area contributed by atoms with E-state index in [2.05, 4.69) is 32.7 Å². The molecule has 3 unspecified atom stereocenters. The Labute approximate surface area is 388 Å². The second kappa shape index (κ2) is 24.2. The topological polar surface area (TPSA) is 270 Å². The molecule has 19 nitrogen and oxygen atoms in total. The molecule has 5 rings (SSSR count). The number of nitro benzene ring substituents is 2. The van der Waals surface area contributed by atoms with Crippen molar-refractivity contribution in [1.29, 1.82) is 0 Å². The van der Waals surface area contributed by atoms with Gasteiger partial charge in [-0.15, -0.1) is 0 Å². The number of hydrazine groups is 1. The van der Waals surface area contributed by atoms with Gasteiger partial charge in [-0.05, 0) is 88.6 Å². The minimum absolute atomic E-state index is 0.241. The number of aliphatic carboxylic acids is 1. The summed E-state index contributed by atoms with van der Waals surface area (Å²) < 4.78 is 4.68. The zero-order chi connectivity index (χ0) is 50.3. The first-order chi connectivity index (χ1) is 31.6. The lowest BCUT2D eigenvalue weighted by molar-refractivity contribution is -0.385. The van der Waals surface area contributed by atoms with Crippen LogP contribution < -0.4 is 16.1 Å². The molecule has 0 saturated carbocycles. The summed E-state index contributed by atoms with van der Waals surface area (Å²) in [6, 6.07) is 15.3. The van der Waals surface area contributed by atoms with E-state index in [1.54, 1.807) is 26.8 Å². The van der Waals surface area contributed by atoms with E-state index in [1.165, 1.54) is 43.1 Å². The van der Waals surface area contributed by atoms with Crippen LogP contribution in [0.25, 0.3) is 17.0 Å². The number of benzene rings is 3. The number of pyridine rings is 1. The molecule has 1 aromatic heterocycles. The van der Waals surface area contributed by atoms with Crippen LogP contribution in [0.2, 0.25) is 0 Å². The maximum Gasteiger partial charge on any atom is 0.353 e. The van der Waals surface area contributed by atoms with Gasteiger partial charge in [0.05, 0.1) is 20.8 Å². The number of nitro groups is 2. The number of hydrogen-bond donors (Lipinski definition) is 4. The van der Waals surface area contributed by atoms with Crippen molar-refractivity contribution in [2.24, 2.45) is 11.3 Å². The van der Waals surface area contributed by atoms with Crippen molar-refractivity contribution >= 4 is 64.0 Å². The second-order valence-corrected chi connectivity index (χ2v) is 16.4. The Hall–Kier alpha value is -7.41. The minimum atomic E-state index is -1.24. The van der Waals surface area contributed by atoms with Crippen molar-refractivity contribution in [3.8, 4) is 0 Å². The summed E-state index contributed by atoms with van der Waals surface area (Å²) in [5.41, 5.74) is 3.29. The molecular weight excluding hydrogens is 867 g/mol. The predicted octanol–water partition coefficient (Wildman–Crippen LogP) is 7.21. The van der Waals surface area contributed by atoms with Crippen LogP contribution in [0.1, 0.15) is 111 Å². The first-order valence-electron chi connectivity index (χ1n) is 21.8. The largest absolute Gasteiger partial charge is 0.480 e. The number of aromatic nitrogens is 1. The molecule has 2 heterocycles. The van der Waals surface area contributed by atoms with Gasteiger partial charge in [0.1, 0.15) is 29.3 Å². The minimum Gasteiger partial charge on any atom is -0.480 e. The van der Waals surface area contributed by atoms with E-state index in [1.807, 2.05) is 64.1 Å². The molecule has 1 aliphatic rings. The average Bonchev–Trinajstić information content (AvgIpc) is 3.29. The van der Waals surface area contributed by atoms with Crippen LogP contribution >= 0.6 is 0 Å². The van der Waals surface area contributed by atoms with E-state index in [9.17, 15) is 54.1 Å². The van der Waals surface area contributed by atoms with Crippen molar-refractivity contribution in [2.75, 3.05) is 6.54 Å². The summed E-state index contributed by atoms with van der Waals surface area (Å²) in [6.45, 7) is 18.0. The number of carbonyl (C=O) groups excluding carboxylic acids is 5. The van der Waals surface area contributed by atoms with Gasteiger partial charge in [0, 0.05) is 29.8 Å². The molecular formula is C48H59N7O12. The fourth-order valence-corrected chi connectivity index (χ4v) is 6.77. The number of nitrogens with one attached hydrogen (secondary N) is 3. The Bertz CT molecular complexity index is 2460. The molecule has 67 heavy (non-hydrogen) atoms. The molecule has 0 bridgehead atoms. The van der Waals surface area contributed by atoms with E-state index in [-0.39, 0.29) is 34.1 Å². The van der Waals surface area contributed by atoms with Crippen molar-refractivity contribution in [3.05, 3.63) is 127 Å². The quantitative estimate of drug-likeness (QED) is 0.0421. The summed E-state index contributed by atoms with van der Waals surface area (Å²) in [7, 11) is 0. The van der Waals surface area contributed by atoms with Gasteiger partial charge in [0.25, 0.3) is 17.3 Å². The van der Waals surface area contributed by atoms with Crippen LogP contribution in [0.4, 0.5) is 11.4 Å². The molecule has 0 spiro atoms. The lowest BCUT2D eigenvalue weighted by Crippen LogP contribution is -2.61. The van der Waals surface area contributed by atoms with Crippen LogP contribution in [0.15, 0.2) is 72.8 Å². The Kier molecular flexibility index (Phi) is 19.5. The molecule has 4 N–H and O–H groups in total. The molecule has 358 valence electrons. The van der Waals surface area contributed by atoms with Crippen molar-refractivity contribution < 1.29 is 48.5 Å². The van der Waals surface area contributed by atoms with Crippen LogP contribution in [-0.2, 0) is 30.3 Å². The van der Waals surface area contributed by atoms with Gasteiger partial charge in [0.2, 0.25) is 11.8 Å². The van der Waals surface area contributed by atoms with E-state index in [4.69, 9.17) is 0 Å². The van der Waals surface area contributed by atoms with Gasteiger partial charge in [-0.1, -0.05) is 89.2 Å². The van der Waals surface area contributed by atoms with E-state index >= 15 is 0 Å². The van der Waals surface area contributed by atoms with Crippen LogP contribution in [-0.4, -0.2) is 85.2 Å². The molecule has 0 radical (unpaired) electrons. The Balaban J connectivity index is 0.000000378. The van der Waals surface area contributed by atoms with Crippen LogP contribution in [0.5, 0.6) is 0 Å². The number of fused-ring (bicyclic) bond motifs is 1. The first kappa shape index (κ1) is 53.9. The highest BCUT2D eigenvalue weighted by Crippen LogP contribution is 2.27. The highest BCUT2D eigenvalue weighted by Gasteiger charge is 2.35. The standard InChI is InChI=1S/C30H41N5O5.C16H12N2O7.C2H6/c1-7-22-13-12-21-11-10-20(17-24(21)32-22)14-15-30(5,6)29(40)33-25(18(2)3)26(36)31-19(4)27(37)35-16-8-9-23(34-35)28(38)39;1-9-5-3-7-11(17(21)22)13(9)15(19)25-16(20)14-10(2)6-4-8-12(14)18(23)24;1-2/h10-15,17-19,23,25,34H,7-9,16H2,1-6H3,(H,31,36)(H,33,40)(H,38,39);3-8H,1-2H3;1-2H3/b15-14+;;. The fraction of sp³-hybridized carbons (Fsp3) is 0.396. The third-order valence-electron chi connectivity index (χ3n) is 10.6. The lowest BCUT2D eigenvalue weighted by atomic mass is 9.89. The molecule has 3 aromatic carbocycles. The number of rotatable bonds is 14. The van der Waals surface area contributed by atoms with Gasteiger partial charge in [-0.2, -0.15) is 0 Å². The van der Waals surface area contributed by atoms with E-state index < -0.39 is 74.5 Å². The summed E-state index contributed by atoms with van der Waals surface area (Å²) in [5.74, 6) is -5.01. The average molecular weight is 926 g/mol. The maximum atomic E-state index is 13.3. The van der Waals surface area contributed by atoms with E-state index in [0.29, 0.717) is 19.4 Å². The monoisotopic (exact) mass is 925 g/mol. The Morgan fingerprint density at radius 2 is 1.45 bits per heavy atom. The number of ether oxygens (including phenoxy) is 1. The number of nitrogens with zero attached hydrogens (tertiary/aromatic N) is 4. The number of aryl methyl sites for hydroxylation is 3. The molecule has 1 fully saturated rings. The molecule has 19 heteroatoms. The van der Waals surface area contributed by atoms with Crippen molar-refractivity contribution in [2.45, 2.75) is 107 Å². The van der Waals surface area contributed by atoms with Crippen LogP contribution in [0, 0.1) is 45.4 Å².